The van der Waals surface area contributed by atoms with Gasteiger partial charge in [-0.05, 0) is 30.2 Å². The van der Waals surface area contributed by atoms with Gasteiger partial charge in [0, 0.05) is 12.0 Å². The smallest absolute Gasteiger partial charge is 0.247 e. The molecule has 0 bridgehead atoms. The van der Waals surface area contributed by atoms with Gasteiger partial charge in [0.1, 0.15) is 18.6 Å². The number of carbonyl (C=O) groups excluding carboxylic acids is 1. The van der Waals surface area contributed by atoms with Gasteiger partial charge in [-0.1, -0.05) is 42.5 Å². The Labute approximate surface area is 146 Å². The lowest BCUT2D eigenvalue weighted by molar-refractivity contribution is -0.127. The van der Waals surface area contributed by atoms with Crippen LogP contribution in [0.2, 0.25) is 0 Å². The fraction of sp³-hybridized carbons (Fsp3) is 0.316. The van der Waals surface area contributed by atoms with Crippen molar-refractivity contribution in [1.82, 2.24) is 16.2 Å². The summed E-state index contributed by atoms with van der Waals surface area (Å²) in [4.78, 5) is 12.2. The normalized spacial score (nSPS) is 22.7. The van der Waals surface area contributed by atoms with Crippen molar-refractivity contribution in [2.24, 2.45) is 0 Å². The molecule has 0 spiro atoms. The van der Waals surface area contributed by atoms with Crippen molar-refractivity contribution >= 4 is 5.91 Å². The molecule has 2 aromatic rings. The molecule has 1 saturated heterocycles. The maximum atomic E-state index is 13.1. The van der Waals surface area contributed by atoms with Crippen LogP contribution in [0.15, 0.2) is 54.6 Å². The van der Waals surface area contributed by atoms with E-state index in [1.54, 1.807) is 12.1 Å². The standard InChI is InChI=1S/C19H22FN3O2/c1-13-18(15-7-9-16(20)10-8-15)19(23-22-13)21-17(24)12-25-11-14-5-3-2-4-6-14/h2-10,13,18-19,22-23H,11-12H2,1H3,(H,21,24). The Morgan fingerprint density at radius 2 is 1.84 bits per heavy atom. The van der Waals surface area contributed by atoms with Crippen molar-refractivity contribution in [3.8, 4) is 0 Å². The van der Waals surface area contributed by atoms with Gasteiger partial charge in [-0.2, -0.15) is 0 Å². The third kappa shape index (κ3) is 4.63. The van der Waals surface area contributed by atoms with Gasteiger partial charge in [-0.15, -0.1) is 0 Å². The van der Waals surface area contributed by atoms with Crippen LogP contribution < -0.4 is 16.2 Å². The van der Waals surface area contributed by atoms with Gasteiger partial charge < -0.3 is 10.1 Å². The largest absolute Gasteiger partial charge is 0.367 e. The van der Waals surface area contributed by atoms with E-state index >= 15 is 0 Å². The minimum Gasteiger partial charge on any atom is -0.367 e. The van der Waals surface area contributed by atoms with Crippen molar-refractivity contribution in [2.45, 2.75) is 31.7 Å². The lowest BCUT2D eigenvalue weighted by Gasteiger charge is -2.22. The highest BCUT2D eigenvalue weighted by atomic mass is 19.1. The van der Waals surface area contributed by atoms with E-state index in [1.807, 2.05) is 37.3 Å². The summed E-state index contributed by atoms with van der Waals surface area (Å²) >= 11 is 0. The molecule has 25 heavy (non-hydrogen) atoms. The molecule has 1 aliphatic rings. The van der Waals surface area contributed by atoms with Crippen LogP contribution >= 0.6 is 0 Å². The molecular weight excluding hydrogens is 321 g/mol. The number of halogens is 1. The summed E-state index contributed by atoms with van der Waals surface area (Å²) < 4.78 is 18.6. The fourth-order valence-electron chi connectivity index (χ4n) is 3.03. The molecule has 3 N–H and O–H groups in total. The number of ether oxygens (including phenoxy) is 1. The van der Waals surface area contributed by atoms with Crippen LogP contribution in [0.4, 0.5) is 4.39 Å². The molecule has 2 aromatic carbocycles. The van der Waals surface area contributed by atoms with E-state index in [0.717, 1.165) is 11.1 Å². The predicted octanol–water partition coefficient (Wildman–Crippen LogP) is 2.06. The number of carbonyl (C=O) groups is 1. The highest BCUT2D eigenvalue weighted by Crippen LogP contribution is 2.26. The molecular formula is C19H22FN3O2. The minimum absolute atomic E-state index is 0.00123. The van der Waals surface area contributed by atoms with E-state index in [0.29, 0.717) is 6.61 Å². The molecule has 5 nitrogen and oxygen atoms in total. The molecule has 0 radical (unpaired) electrons. The maximum absolute atomic E-state index is 13.1. The summed E-state index contributed by atoms with van der Waals surface area (Å²) in [5.41, 5.74) is 8.18. The summed E-state index contributed by atoms with van der Waals surface area (Å²) in [5.74, 6) is -0.472. The predicted molar refractivity (Wildman–Crippen MR) is 92.9 cm³/mol. The van der Waals surface area contributed by atoms with Gasteiger partial charge in [0.2, 0.25) is 5.91 Å². The lowest BCUT2D eigenvalue weighted by Crippen LogP contribution is -2.47. The van der Waals surface area contributed by atoms with E-state index in [4.69, 9.17) is 4.74 Å². The fourth-order valence-corrected chi connectivity index (χ4v) is 3.03. The number of hydrazine groups is 1. The molecule has 0 aliphatic carbocycles. The van der Waals surface area contributed by atoms with Gasteiger partial charge in [0.25, 0.3) is 0 Å². The second kappa shape index (κ2) is 8.20. The second-order valence-corrected chi connectivity index (χ2v) is 6.18. The number of hydrogen-bond acceptors (Lipinski definition) is 4. The van der Waals surface area contributed by atoms with E-state index in [1.165, 1.54) is 12.1 Å². The zero-order chi connectivity index (χ0) is 17.6. The first-order valence-corrected chi connectivity index (χ1v) is 8.31. The van der Waals surface area contributed by atoms with Crippen LogP contribution in [0.3, 0.4) is 0 Å². The van der Waals surface area contributed by atoms with Gasteiger partial charge in [0.15, 0.2) is 0 Å². The van der Waals surface area contributed by atoms with Gasteiger partial charge in [0.05, 0.1) is 6.61 Å². The van der Waals surface area contributed by atoms with Crippen LogP contribution in [0.25, 0.3) is 0 Å². The van der Waals surface area contributed by atoms with E-state index < -0.39 is 0 Å². The van der Waals surface area contributed by atoms with Crippen LogP contribution in [0.5, 0.6) is 0 Å². The Kier molecular flexibility index (Phi) is 5.75. The number of nitrogens with one attached hydrogen (secondary N) is 3. The lowest BCUT2D eigenvalue weighted by atomic mass is 9.91. The number of amides is 1. The Morgan fingerprint density at radius 3 is 2.56 bits per heavy atom. The number of rotatable bonds is 6. The van der Waals surface area contributed by atoms with E-state index in [2.05, 4.69) is 16.2 Å². The molecule has 132 valence electrons. The van der Waals surface area contributed by atoms with Crippen LogP contribution in [-0.4, -0.2) is 24.7 Å². The third-order valence-electron chi connectivity index (χ3n) is 4.28. The van der Waals surface area contributed by atoms with Crippen LogP contribution in [0, 0.1) is 5.82 Å². The van der Waals surface area contributed by atoms with Crippen LogP contribution in [-0.2, 0) is 16.1 Å². The summed E-state index contributed by atoms with van der Waals surface area (Å²) in [7, 11) is 0. The molecule has 3 atom stereocenters. The second-order valence-electron chi connectivity index (χ2n) is 6.18. The SMILES string of the molecule is CC1NNC(NC(=O)COCc2ccccc2)C1c1ccc(F)cc1. The summed E-state index contributed by atoms with van der Waals surface area (Å²) in [6.07, 6.45) is -0.284. The molecule has 3 unspecified atom stereocenters. The quantitative estimate of drug-likeness (QED) is 0.751. The number of hydrogen-bond donors (Lipinski definition) is 3. The molecule has 0 saturated carbocycles. The monoisotopic (exact) mass is 343 g/mol. The summed E-state index contributed by atoms with van der Waals surface area (Å²) in [6, 6.07) is 16.2. The first-order valence-electron chi connectivity index (χ1n) is 8.31. The molecule has 1 heterocycles. The summed E-state index contributed by atoms with van der Waals surface area (Å²) in [6.45, 7) is 2.39. The maximum Gasteiger partial charge on any atom is 0.247 e. The van der Waals surface area contributed by atoms with Crippen molar-refractivity contribution < 1.29 is 13.9 Å². The first-order chi connectivity index (χ1) is 12.1. The Bertz CT molecular complexity index is 694. The highest BCUT2D eigenvalue weighted by Gasteiger charge is 2.35. The van der Waals surface area contributed by atoms with Gasteiger partial charge in [-0.3, -0.25) is 10.2 Å². The topological polar surface area (TPSA) is 62.4 Å². The molecule has 3 rings (SSSR count). The van der Waals surface area contributed by atoms with Gasteiger partial charge >= 0.3 is 0 Å². The molecule has 6 heteroatoms. The van der Waals surface area contributed by atoms with Crippen LogP contribution in [0.1, 0.15) is 24.0 Å². The Balaban J connectivity index is 1.53. The molecule has 1 amide bonds. The number of benzene rings is 2. The van der Waals surface area contributed by atoms with Crippen molar-refractivity contribution in [3.63, 3.8) is 0 Å². The highest BCUT2D eigenvalue weighted by molar-refractivity contribution is 5.77. The van der Waals surface area contributed by atoms with Crippen molar-refractivity contribution in [2.75, 3.05) is 6.61 Å². The minimum atomic E-state index is -0.284. The first kappa shape index (κ1) is 17.5. The summed E-state index contributed by atoms with van der Waals surface area (Å²) in [5, 5.41) is 2.93. The third-order valence-corrected chi connectivity index (χ3v) is 4.28. The average Bonchev–Trinajstić information content (AvgIpc) is 2.97. The molecule has 0 aromatic heterocycles. The Morgan fingerprint density at radius 1 is 1.12 bits per heavy atom. The van der Waals surface area contributed by atoms with Crippen molar-refractivity contribution in [3.05, 3.63) is 71.5 Å². The zero-order valence-corrected chi connectivity index (χ0v) is 14.0. The zero-order valence-electron chi connectivity index (χ0n) is 14.0. The average molecular weight is 343 g/mol. The molecule has 1 fully saturated rings. The molecule has 1 aliphatic heterocycles. The van der Waals surface area contributed by atoms with Crippen molar-refractivity contribution in [1.29, 1.82) is 0 Å². The van der Waals surface area contributed by atoms with Gasteiger partial charge in [-0.25, -0.2) is 9.82 Å². The van der Waals surface area contributed by atoms with E-state index in [9.17, 15) is 9.18 Å². The Hall–Kier alpha value is -2.28. The van der Waals surface area contributed by atoms with E-state index in [-0.39, 0.29) is 36.5 Å².